The highest BCUT2D eigenvalue weighted by Gasteiger charge is 2.51. The summed E-state index contributed by atoms with van der Waals surface area (Å²) in [5.74, 6) is -20.7. The van der Waals surface area contributed by atoms with Crippen LogP contribution in [0.2, 0.25) is 0 Å². The summed E-state index contributed by atoms with van der Waals surface area (Å²) in [5.41, 5.74) is -1.02. The average Bonchev–Trinajstić information content (AvgIpc) is 3.61. The summed E-state index contributed by atoms with van der Waals surface area (Å²) in [6, 6.07) is 11.7. The summed E-state index contributed by atoms with van der Waals surface area (Å²) in [7, 11) is 0. The van der Waals surface area contributed by atoms with Gasteiger partial charge in [-0.25, -0.2) is 24.0 Å². The third kappa shape index (κ3) is 12.3. The quantitative estimate of drug-likeness (QED) is 0.0303. The van der Waals surface area contributed by atoms with E-state index in [2.05, 4.69) is 0 Å². The molecule has 78 heavy (non-hydrogen) atoms. The molecule has 3 aliphatic rings. The van der Waals surface area contributed by atoms with E-state index in [-0.39, 0.29) is 27.8 Å². The normalized spacial score (nSPS) is 22.5. The van der Waals surface area contributed by atoms with Crippen LogP contribution in [0.25, 0.3) is 18.2 Å². The first-order valence-corrected chi connectivity index (χ1v) is 22.8. The molecule has 4 aromatic rings. The number of aromatic hydroxyl groups is 8. The van der Waals surface area contributed by atoms with E-state index < -0.39 is 173 Å². The van der Waals surface area contributed by atoms with Gasteiger partial charge in [0, 0.05) is 30.2 Å². The van der Waals surface area contributed by atoms with Crippen molar-refractivity contribution in [1.82, 2.24) is 0 Å². The van der Waals surface area contributed by atoms with Crippen molar-refractivity contribution < 1.29 is 129 Å². The minimum atomic E-state index is -2.20. The molecule has 26 heteroatoms. The maximum absolute atomic E-state index is 15.3. The van der Waals surface area contributed by atoms with Gasteiger partial charge in [-0.15, -0.1) is 0 Å². The molecule has 26 nitrogen and oxygen atoms in total. The number of hydrogen-bond acceptors (Lipinski definition) is 24. The Labute approximate surface area is 437 Å². The Morgan fingerprint density at radius 2 is 0.974 bits per heavy atom. The summed E-state index contributed by atoms with van der Waals surface area (Å²) in [5, 5.41) is 144. The number of aliphatic hydroxyl groups excluding tert-OH is 4. The molecule has 0 saturated heterocycles. The van der Waals surface area contributed by atoms with Gasteiger partial charge in [-0.3, -0.25) is 4.79 Å². The molecule has 10 atom stereocenters. The molecule has 14 N–H and O–H groups in total. The summed E-state index contributed by atoms with van der Waals surface area (Å²) >= 11 is 0. The summed E-state index contributed by atoms with van der Waals surface area (Å²) < 4.78 is 33.5. The predicted molar refractivity (Wildman–Crippen MR) is 257 cm³/mol. The van der Waals surface area contributed by atoms with Crippen molar-refractivity contribution in [3.63, 3.8) is 0 Å². The van der Waals surface area contributed by atoms with Crippen LogP contribution < -0.4 is 0 Å². The second-order valence-electron chi connectivity index (χ2n) is 17.3. The van der Waals surface area contributed by atoms with Gasteiger partial charge < -0.3 is 99.9 Å². The van der Waals surface area contributed by atoms with Crippen molar-refractivity contribution in [2.24, 2.45) is 5.92 Å². The van der Waals surface area contributed by atoms with Gasteiger partial charge in [-0.1, -0.05) is 18.2 Å². The molecule has 4 aromatic carbocycles. The first-order valence-electron chi connectivity index (χ1n) is 22.8. The molecular weight excluding hydrogens is 1040 g/mol. The van der Waals surface area contributed by atoms with Crippen molar-refractivity contribution >= 4 is 54.0 Å². The van der Waals surface area contributed by atoms with Crippen LogP contribution in [0, 0.1) is 5.92 Å². The van der Waals surface area contributed by atoms with Crippen LogP contribution in [0.1, 0.15) is 33.7 Å². The number of carbonyl (C=O) groups is 6. The second kappa shape index (κ2) is 23.4. The van der Waals surface area contributed by atoms with E-state index in [0.29, 0.717) is 12.2 Å². The van der Waals surface area contributed by atoms with Gasteiger partial charge in [-0.2, -0.15) is 0 Å². The first kappa shape index (κ1) is 56.0. The monoisotopic (exact) mass is 1090 g/mol. The molecular formula is C52H46O26. The van der Waals surface area contributed by atoms with E-state index in [1.807, 2.05) is 0 Å². The fourth-order valence-electron chi connectivity index (χ4n) is 8.42. The summed E-state index contributed by atoms with van der Waals surface area (Å²) in [4.78, 5) is 82.0. The van der Waals surface area contributed by atoms with Gasteiger partial charge in [0.05, 0.1) is 24.7 Å². The Hall–Kier alpha value is -9.76. The highest BCUT2D eigenvalue weighted by Crippen LogP contribution is 2.49. The maximum atomic E-state index is 15.3. The van der Waals surface area contributed by atoms with Crippen molar-refractivity contribution in [3.05, 3.63) is 136 Å². The van der Waals surface area contributed by atoms with Gasteiger partial charge in [-0.05, 0) is 94.6 Å². The standard InChI is InChI=1S/C52H46O26/c53-19-35(63)45-47(77-41(65)9-3-21-1-6-27(55)30(58)11-21)37(17-39(73-45)49(67)68)75-51(71)26-13-24-15-33(61)34(62)16-25(24)43(23-5-8-29(57)32(60)14-23)44(26)52(72)76-38-18-40(50(69)70)74-46(36(64)20-54)48(38)78-42(66)10-4-22-2-7-28(56)31(59)12-22/h1-18,35-38,43-48,53-64H,19-20H2,(H,67,68)(H,69,70). The summed E-state index contributed by atoms with van der Waals surface area (Å²) in [6.45, 7) is -2.34. The average molecular weight is 1090 g/mol. The predicted octanol–water partition coefficient (Wildman–Crippen LogP) is 0.992. The highest BCUT2D eigenvalue weighted by atomic mass is 16.6. The molecule has 0 saturated carbocycles. The summed E-state index contributed by atoms with van der Waals surface area (Å²) in [6.07, 6.45) is -10.8. The van der Waals surface area contributed by atoms with Gasteiger partial charge in [0.2, 0.25) is 11.5 Å². The molecule has 7 rings (SSSR count). The molecule has 0 amide bonds. The Morgan fingerprint density at radius 3 is 1.42 bits per heavy atom. The third-order valence-electron chi connectivity index (χ3n) is 12.2. The van der Waals surface area contributed by atoms with Crippen LogP contribution in [-0.2, 0) is 57.2 Å². The van der Waals surface area contributed by atoms with Crippen molar-refractivity contribution in [1.29, 1.82) is 0 Å². The van der Waals surface area contributed by atoms with E-state index in [0.717, 1.165) is 85.0 Å². The number of rotatable bonds is 17. The third-order valence-corrected chi connectivity index (χ3v) is 12.2. The van der Waals surface area contributed by atoms with E-state index >= 15 is 9.59 Å². The van der Waals surface area contributed by atoms with Gasteiger partial charge in [0.25, 0.3) is 0 Å². The van der Waals surface area contributed by atoms with Gasteiger partial charge >= 0.3 is 35.8 Å². The number of phenols is 8. The van der Waals surface area contributed by atoms with Crippen LogP contribution in [0.15, 0.2) is 108 Å². The number of ether oxygens (including phenoxy) is 6. The number of phenolic OH excluding ortho intramolecular Hbond substituents is 8. The van der Waals surface area contributed by atoms with Gasteiger partial charge in [0.15, 0.2) is 82.6 Å². The Bertz CT molecular complexity index is 3190. The molecule has 410 valence electrons. The molecule has 0 fully saturated rings. The number of aliphatic carboxylic acids is 2. The van der Waals surface area contributed by atoms with Gasteiger partial charge in [0.1, 0.15) is 12.2 Å². The number of fused-ring (bicyclic) bond motifs is 1. The Morgan fingerprint density at radius 1 is 0.538 bits per heavy atom. The topological polar surface area (TPSA) is 441 Å². The number of aliphatic hydroxyl groups is 4. The number of esters is 4. The lowest BCUT2D eigenvalue weighted by Gasteiger charge is -2.39. The zero-order valence-electron chi connectivity index (χ0n) is 39.7. The van der Waals surface area contributed by atoms with E-state index in [1.54, 1.807) is 0 Å². The molecule has 2 aliphatic heterocycles. The fourth-order valence-corrected chi connectivity index (χ4v) is 8.42. The number of carbonyl (C=O) groups excluding carboxylic acids is 4. The lowest BCUT2D eigenvalue weighted by atomic mass is 9.71. The fraction of sp³-hybridized carbons (Fsp3) is 0.231. The Balaban J connectivity index is 1.34. The number of carboxylic acids is 2. The smallest absolute Gasteiger partial charge is 0.370 e. The lowest BCUT2D eigenvalue weighted by molar-refractivity contribution is -0.189. The zero-order valence-corrected chi connectivity index (χ0v) is 39.7. The molecule has 1 aliphatic carbocycles. The zero-order chi connectivity index (χ0) is 56.9. The molecule has 10 unspecified atom stereocenters. The number of carboxylic acid groups (broad SMARTS) is 2. The lowest BCUT2D eigenvalue weighted by Crippen LogP contribution is -2.54. The molecule has 0 spiro atoms. The molecule has 0 aromatic heterocycles. The molecule has 2 heterocycles. The van der Waals surface area contributed by atoms with Crippen LogP contribution >= 0.6 is 0 Å². The van der Waals surface area contributed by atoms with Crippen molar-refractivity contribution in [3.8, 4) is 46.0 Å². The minimum Gasteiger partial charge on any atom is -0.504 e. The van der Waals surface area contributed by atoms with E-state index in [4.69, 9.17) is 28.4 Å². The van der Waals surface area contributed by atoms with E-state index in [1.165, 1.54) is 12.1 Å². The van der Waals surface area contributed by atoms with Crippen molar-refractivity contribution in [2.45, 2.75) is 54.7 Å². The SMILES string of the molecule is O=C(C=Cc1ccc(O)c(O)c1)OC1C(OC(=O)C2=Cc3cc(O)c(O)cc3C(c3ccc(O)c(O)c3)C2C(=O)OC2C=C(C(=O)O)OC(C(O)CO)C2OC(=O)C=Cc2ccc(O)c(O)c2)C=C(C(=O)O)OC1C(O)CO. The minimum absolute atomic E-state index is 0.129. The second-order valence-corrected chi connectivity index (χ2v) is 17.3. The van der Waals surface area contributed by atoms with Crippen LogP contribution in [0.3, 0.4) is 0 Å². The largest absolute Gasteiger partial charge is 0.504 e. The van der Waals surface area contributed by atoms with Crippen molar-refractivity contribution in [2.75, 3.05) is 13.2 Å². The highest BCUT2D eigenvalue weighted by molar-refractivity contribution is 6.02. The van der Waals surface area contributed by atoms with Crippen LogP contribution in [0.4, 0.5) is 0 Å². The first-order chi connectivity index (χ1) is 37.0. The van der Waals surface area contributed by atoms with E-state index in [9.17, 15) is 90.7 Å². The number of hydrogen-bond donors (Lipinski definition) is 14. The number of benzene rings is 4. The van der Waals surface area contributed by atoms with Crippen LogP contribution in [0.5, 0.6) is 46.0 Å². The molecule has 0 radical (unpaired) electrons. The maximum Gasteiger partial charge on any atom is 0.370 e. The Kier molecular flexibility index (Phi) is 16.8. The molecule has 0 bridgehead atoms. The van der Waals surface area contributed by atoms with Crippen LogP contribution in [-0.4, -0.2) is 169 Å².